The molecule has 1 fully saturated rings. The number of carbonyl (C=O) groups is 1. The van der Waals surface area contributed by atoms with Gasteiger partial charge in [-0.05, 0) is 24.0 Å². The lowest BCUT2D eigenvalue weighted by Crippen LogP contribution is -2.32. The highest BCUT2D eigenvalue weighted by Gasteiger charge is 2.22. The molecule has 76 valence electrons. The zero-order valence-electron chi connectivity index (χ0n) is 8.36. The number of rotatable bonds is 1. The van der Waals surface area contributed by atoms with Gasteiger partial charge < -0.3 is 5.32 Å². The molecule has 1 unspecified atom stereocenters. The molecule has 2 rings (SSSR count). The van der Waals surface area contributed by atoms with Crippen LogP contribution < -0.4 is 5.32 Å². The molecular formula is C12H12N2O. The van der Waals surface area contributed by atoms with Crippen LogP contribution in [-0.4, -0.2) is 12.5 Å². The molecule has 1 aliphatic heterocycles. The van der Waals surface area contributed by atoms with E-state index in [1.807, 2.05) is 24.3 Å². The topological polar surface area (TPSA) is 52.9 Å². The highest BCUT2D eigenvalue weighted by atomic mass is 16.1. The highest BCUT2D eigenvalue weighted by molar-refractivity contribution is 5.77. The summed E-state index contributed by atoms with van der Waals surface area (Å²) in [4.78, 5) is 11.3. The fourth-order valence-corrected chi connectivity index (χ4v) is 2.00. The molecule has 1 heterocycles. The molecule has 1 amide bonds. The molecule has 1 N–H and O–H groups in total. The van der Waals surface area contributed by atoms with E-state index in [0.717, 1.165) is 12.0 Å². The number of benzene rings is 1. The largest absolute Gasteiger partial charge is 0.356 e. The molecule has 3 heteroatoms. The van der Waals surface area contributed by atoms with Crippen molar-refractivity contribution in [3.05, 3.63) is 35.4 Å². The van der Waals surface area contributed by atoms with E-state index in [2.05, 4.69) is 11.4 Å². The zero-order chi connectivity index (χ0) is 10.7. The summed E-state index contributed by atoms with van der Waals surface area (Å²) in [6, 6.07) is 9.70. The van der Waals surface area contributed by atoms with E-state index in [4.69, 9.17) is 5.26 Å². The van der Waals surface area contributed by atoms with E-state index in [-0.39, 0.29) is 11.8 Å². The van der Waals surface area contributed by atoms with Gasteiger partial charge in [-0.25, -0.2) is 0 Å². The van der Waals surface area contributed by atoms with E-state index in [1.54, 1.807) is 0 Å². The Morgan fingerprint density at radius 3 is 2.93 bits per heavy atom. The van der Waals surface area contributed by atoms with Gasteiger partial charge in [0.1, 0.15) is 0 Å². The highest BCUT2D eigenvalue weighted by Crippen LogP contribution is 2.27. The minimum atomic E-state index is 0.0824. The van der Waals surface area contributed by atoms with Gasteiger partial charge in [-0.3, -0.25) is 4.79 Å². The van der Waals surface area contributed by atoms with Gasteiger partial charge in [0, 0.05) is 13.0 Å². The van der Waals surface area contributed by atoms with Gasteiger partial charge in [0.15, 0.2) is 0 Å². The minimum Gasteiger partial charge on any atom is -0.356 e. The van der Waals surface area contributed by atoms with Crippen LogP contribution in [0.5, 0.6) is 0 Å². The number of hydrogen-bond donors (Lipinski definition) is 1. The quantitative estimate of drug-likeness (QED) is 0.747. The third-order valence-corrected chi connectivity index (χ3v) is 2.77. The second-order valence-electron chi connectivity index (χ2n) is 3.74. The first-order valence-electron chi connectivity index (χ1n) is 5.07. The number of carbonyl (C=O) groups excluding carboxylic acids is 1. The first-order chi connectivity index (χ1) is 7.31. The summed E-state index contributed by atoms with van der Waals surface area (Å²) in [6.07, 6.45) is 1.42. The van der Waals surface area contributed by atoms with Crippen molar-refractivity contribution in [2.24, 2.45) is 0 Å². The van der Waals surface area contributed by atoms with Gasteiger partial charge in [0.2, 0.25) is 5.91 Å². The van der Waals surface area contributed by atoms with Crippen molar-refractivity contribution in [2.45, 2.75) is 18.8 Å². The van der Waals surface area contributed by atoms with Crippen LogP contribution in [0.15, 0.2) is 24.3 Å². The minimum absolute atomic E-state index is 0.0824. The molecule has 1 aliphatic rings. The van der Waals surface area contributed by atoms with Gasteiger partial charge in [0.05, 0.1) is 11.6 Å². The Kier molecular flexibility index (Phi) is 2.68. The van der Waals surface area contributed by atoms with Crippen LogP contribution in [0, 0.1) is 11.3 Å². The Morgan fingerprint density at radius 2 is 2.20 bits per heavy atom. The van der Waals surface area contributed by atoms with Gasteiger partial charge in [0.25, 0.3) is 0 Å². The maximum Gasteiger partial charge on any atom is 0.220 e. The van der Waals surface area contributed by atoms with E-state index in [1.165, 1.54) is 0 Å². The second kappa shape index (κ2) is 4.14. The maximum atomic E-state index is 11.3. The smallest absolute Gasteiger partial charge is 0.220 e. The molecule has 1 aromatic carbocycles. The van der Waals surface area contributed by atoms with Crippen molar-refractivity contribution in [2.75, 3.05) is 6.54 Å². The molecule has 0 aromatic heterocycles. The van der Waals surface area contributed by atoms with Gasteiger partial charge >= 0.3 is 0 Å². The monoisotopic (exact) mass is 200 g/mol. The average Bonchev–Trinajstić information content (AvgIpc) is 2.29. The van der Waals surface area contributed by atoms with Crippen LogP contribution in [0.3, 0.4) is 0 Å². The molecule has 0 bridgehead atoms. The maximum absolute atomic E-state index is 11.3. The van der Waals surface area contributed by atoms with Gasteiger partial charge in [-0.2, -0.15) is 5.26 Å². The summed E-state index contributed by atoms with van der Waals surface area (Å²) in [5.41, 5.74) is 1.70. The number of nitriles is 1. The van der Waals surface area contributed by atoms with Gasteiger partial charge in [-0.1, -0.05) is 18.2 Å². The van der Waals surface area contributed by atoms with E-state index >= 15 is 0 Å². The first-order valence-corrected chi connectivity index (χ1v) is 5.07. The van der Waals surface area contributed by atoms with Crippen molar-refractivity contribution in [3.8, 4) is 6.07 Å². The molecule has 1 saturated heterocycles. The molecule has 0 saturated carbocycles. The van der Waals surface area contributed by atoms with Crippen LogP contribution >= 0.6 is 0 Å². The Morgan fingerprint density at radius 1 is 1.40 bits per heavy atom. The third-order valence-electron chi connectivity index (χ3n) is 2.77. The van der Waals surface area contributed by atoms with Crippen molar-refractivity contribution < 1.29 is 4.79 Å². The SMILES string of the molecule is N#Cc1ccccc1C1CCNC(=O)C1. The Bertz CT molecular complexity index is 420. The number of nitrogens with one attached hydrogen (secondary N) is 1. The Balaban J connectivity index is 2.29. The van der Waals surface area contributed by atoms with Gasteiger partial charge in [-0.15, -0.1) is 0 Å². The average molecular weight is 200 g/mol. The lowest BCUT2D eigenvalue weighted by atomic mass is 9.87. The van der Waals surface area contributed by atoms with Crippen LogP contribution in [0.2, 0.25) is 0 Å². The molecule has 15 heavy (non-hydrogen) atoms. The standard InChI is InChI=1S/C12H12N2O/c13-8-10-3-1-2-4-11(10)9-5-6-14-12(15)7-9/h1-4,9H,5-7H2,(H,14,15). The molecule has 3 nitrogen and oxygen atoms in total. The normalized spacial score (nSPS) is 20.5. The zero-order valence-corrected chi connectivity index (χ0v) is 8.36. The molecule has 1 atom stereocenters. The van der Waals surface area contributed by atoms with Crippen LogP contribution in [0.1, 0.15) is 29.9 Å². The molecular weight excluding hydrogens is 188 g/mol. The summed E-state index contributed by atoms with van der Waals surface area (Å²) in [5.74, 6) is 0.286. The van der Waals surface area contributed by atoms with Crippen LogP contribution in [0.25, 0.3) is 0 Å². The molecule has 0 radical (unpaired) electrons. The Labute approximate surface area is 88.7 Å². The fraction of sp³-hybridized carbons (Fsp3) is 0.333. The van der Waals surface area contributed by atoms with Crippen molar-refractivity contribution >= 4 is 5.91 Å². The predicted molar refractivity (Wildman–Crippen MR) is 56.1 cm³/mol. The van der Waals surface area contributed by atoms with Crippen LogP contribution in [0.4, 0.5) is 0 Å². The third kappa shape index (κ3) is 1.99. The second-order valence-corrected chi connectivity index (χ2v) is 3.74. The van der Waals surface area contributed by atoms with E-state index in [0.29, 0.717) is 18.5 Å². The first kappa shape index (κ1) is 9.72. The number of amides is 1. The number of piperidine rings is 1. The molecule has 1 aromatic rings. The Hall–Kier alpha value is -1.82. The van der Waals surface area contributed by atoms with Crippen molar-refractivity contribution in [1.82, 2.24) is 5.32 Å². The summed E-state index contributed by atoms with van der Waals surface area (Å²) in [6.45, 7) is 0.712. The summed E-state index contributed by atoms with van der Waals surface area (Å²) in [7, 11) is 0. The van der Waals surface area contributed by atoms with E-state index < -0.39 is 0 Å². The summed E-state index contributed by atoms with van der Waals surface area (Å²) >= 11 is 0. The molecule has 0 spiro atoms. The number of hydrogen-bond acceptors (Lipinski definition) is 2. The van der Waals surface area contributed by atoms with Crippen LogP contribution in [-0.2, 0) is 4.79 Å². The molecule has 0 aliphatic carbocycles. The van der Waals surface area contributed by atoms with E-state index in [9.17, 15) is 4.79 Å². The summed E-state index contributed by atoms with van der Waals surface area (Å²) in [5, 5.41) is 11.8. The predicted octanol–water partition coefficient (Wildman–Crippen LogP) is 1.55. The van der Waals surface area contributed by atoms with Crippen molar-refractivity contribution in [3.63, 3.8) is 0 Å². The lowest BCUT2D eigenvalue weighted by Gasteiger charge is -2.22. The number of nitrogens with zero attached hydrogens (tertiary/aromatic N) is 1. The lowest BCUT2D eigenvalue weighted by molar-refractivity contribution is -0.122. The fourth-order valence-electron chi connectivity index (χ4n) is 2.00. The summed E-state index contributed by atoms with van der Waals surface area (Å²) < 4.78 is 0. The van der Waals surface area contributed by atoms with Crippen molar-refractivity contribution in [1.29, 1.82) is 5.26 Å².